The highest BCUT2D eigenvalue weighted by atomic mass is 16.5. The number of piperidine rings is 1. The first-order chi connectivity index (χ1) is 19.9. The van der Waals surface area contributed by atoms with Crippen LogP contribution in [0.4, 0.5) is 11.4 Å². The fourth-order valence-corrected chi connectivity index (χ4v) is 5.13. The summed E-state index contributed by atoms with van der Waals surface area (Å²) >= 11 is 0. The van der Waals surface area contributed by atoms with Gasteiger partial charge in [-0.3, -0.25) is 9.59 Å². The Morgan fingerprint density at radius 2 is 1.66 bits per heavy atom. The highest BCUT2D eigenvalue weighted by Gasteiger charge is 2.23. The van der Waals surface area contributed by atoms with E-state index in [-0.39, 0.29) is 24.2 Å². The van der Waals surface area contributed by atoms with Crippen molar-refractivity contribution in [3.63, 3.8) is 0 Å². The van der Waals surface area contributed by atoms with Crippen LogP contribution >= 0.6 is 0 Å². The van der Waals surface area contributed by atoms with Crippen LogP contribution in [0.15, 0.2) is 77.8 Å². The standard InChI is InChI=1S/C32H32N4O5/c1-21(37)36(20-28(38)35-17-7-4-8-18-35)25-14-12-24(13-15-25)33-30(22-9-5-3-6-10-22)29-26-16-11-23(32(40)41-2)19-27(26)34-31(29)39/h3,5-6,9-16,19,34,39H,4,7-8,17-18,20H2,1-2H3. The van der Waals surface area contributed by atoms with Gasteiger partial charge in [-0.05, 0) is 55.7 Å². The number of amides is 2. The van der Waals surface area contributed by atoms with Crippen molar-refractivity contribution < 1.29 is 24.2 Å². The average Bonchev–Trinajstić information content (AvgIpc) is 3.33. The Labute approximate surface area is 238 Å². The maximum atomic E-state index is 12.9. The molecule has 4 aromatic rings. The highest BCUT2D eigenvalue weighted by molar-refractivity contribution is 6.22. The molecule has 2 heterocycles. The minimum atomic E-state index is -0.475. The van der Waals surface area contributed by atoms with Crippen LogP contribution in [0.3, 0.4) is 0 Å². The maximum Gasteiger partial charge on any atom is 0.337 e. The molecule has 0 saturated carbocycles. The second-order valence-corrected chi connectivity index (χ2v) is 9.99. The predicted molar refractivity (Wildman–Crippen MR) is 158 cm³/mol. The molecule has 1 saturated heterocycles. The van der Waals surface area contributed by atoms with Crippen LogP contribution in [0.1, 0.15) is 47.7 Å². The molecule has 210 valence electrons. The Bertz CT molecular complexity index is 1600. The SMILES string of the molecule is COC(=O)c1ccc2c(C(=Nc3ccc(N(CC(=O)N4CCCCC4)C(C)=O)cc3)c3ccccc3)c(O)[nH]c2c1. The molecular formula is C32H32N4O5. The number of aliphatic imine (C=N–C) groups is 1. The summed E-state index contributed by atoms with van der Waals surface area (Å²) < 4.78 is 4.83. The Morgan fingerprint density at radius 1 is 0.951 bits per heavy atom. The maximum absolute atomic E-state index is 12.9. The average molecular weight is 553 g/mol. The van der Waals surface area contributed by atoms with Crippen LogP contribution in [-0.2, 0) is 14.3 Å². The zero-order chi connectivity index (χ0) is 28.9. The van der Waals surface area contributed by atoms with Crippen LogP contribution < -0.4 is 4.90 Å². The number of methoxy groups -OCH3 is 1. The number of esters is 1. The molecule has 0 atom stereocenters. The number of H-pyrrole nitrogens is 1. The summed E-state index contributed by atoms with van der Waals surface area (Å²) in [7, 11) is 1.32. The van der Waals surface area contributed by atoms with E-state index in [2.05, 4.69) is 4.98 Å². The number of fused-ring (bicyclic) bond motifs is 1. The minimum absolute atomic E-state index is 0.00993. The monoisotopic (exact) mass is 552 g/mol. The summed E-state index contributed by atoms with van der Waals surface area (Å²) in [4.78, 5) is 48.5. The van der Waals surface area contributed by atoms with Crippen molar-refractivity contribution in [1.29, 1.82) is 0 Å². The van der Waals surface area contributed by atoms with E-state index < -0.39 is 5.97 Å². The number of aromatic nitrogens is 1. The van der Waals surface area contributed by atoms with E-state index in [1.165, 1.54) is 18.9 Å². The van der Waals surface area contributed by atoms with Gasteiger partial charge in [0.1, 0.15) is 6.54 Å². The van der Waals surface area contributed by atoms with E-state index in [1.54, 1.807) is 42.5 Å². The summed E-state index contributed by atoms with van der Waals surface area (Å²) in [6.07, 6.45) is 3.10. The molecule has 2 N–H and O–H groups in total. The van der Waals surface area contributed by atoms with Crippen molar-refractivity contribution in [2.24, 2.45) is 4.99 Å². The van der Waals surface area contributed by atoms with Gasteiger partial charge in [0.2, 0.25) is 11.8 Å². The lowest BCUT2D eigenvalue weighted by Crippen LogP contribution is -2.44. The van der Waals surface area contributed by atoms with E-state index >= 15 is 0 Å². The van der Waals surface area contributed by atoms with Gasteiger partial charge in [0.05, 0.1) is 29.6 Å². The van der Waals surface area contributed by atoms with Crippen molar-refractivity contribution in [3.05, 3.63) is 89.5 Å². The van der Waals surface area contributed by atoms with E-state index in [0.29, 0.717) is 39.1 Å². The Balaban J connectivity index is 1.50. The predicted octanol–water partition coefficient (Wildman–Crippen LogP) is 5.19. The van der Waals surface area contributed by atoms with Gasteiger partial charge in [-0.2, -0.15) is 0 Å². The number of benzene rings is 3. The lowest BCUT2D eigenvalue weighted by atomic mass is 10.00. The minimum Gasteiger partial charge on any atom is -0.494 e. The highest BCUT2D eigenvalue weighted by Crippen LogP contribution is 2.32. The number of aromatic amines is 1. The van der Waals surface area contributed by atoms with Crippen LogP contribution in [-0.4, -0.2) is 65.2 Å². The third-order valence-electron chi connectivity index (χ3n) is 7.27. The fourth-order valence-electron chi connectivity index (χ4n) is 5.13. The lowest BCUT2D eigenvalue weighted by molar-refractivity contribution is -0.132. The third-order valence-corrected chi connectivity index (χ3v) is 7.27. The summed E-state index contributed by atoms with van der Waals surface area (Å²) in [5.74, 6) is -0.831. The number of anilines is 1. The number of nitrogens with zero attached hydrogens (tertiary/aromatic N) is 3. The quantitative estimate of drug-likeness (QED) is 0.242. The Morgan fingerprint density at radius 3 is 2.32 bits per heavy atom. The van der Waals surface area contributed by atoms with E-state index in [9.17, 15) is 19.5 Å². The molecule has 41 heavy (non-hydrogen) atoms. The lowest BCUT2D eigenvalue weighted by Gasteiger charge is -2.29. The van der Waals surface area contributed by atoms with Gasteiger partial charge in [0.25, 0.3) is 0 Å². The van der Waals surface area contributed by atoms with Crippen LogP contribution in [0.2, 0.25) is 0 Å². The molecule has 0 radical (unpaired) electrons. The van der Waals surface area contributed by atoms with Crippen molar-refractivity contribution >= 4 is 45.8 Å². The Hall–Kier alpha value is -4.92. The van der Waals surface area contributed by atoms with Gasteiger partial charge in [-0.25, -0.2) is 9.79 Å². The molecule has 1 aromatic heterocycles. The van der Waals surface area contributed by atoms with E-state index in [1.807, 2.05) is 35.2 Å². The molecule has 0 bridgehead atoms. The molecule has 3 aromatic carbocycles. The first kappa shape index (κ1) is 27.6. The number of hydrogen-bond acceptors (Lipinski definition) is 6. The number of likely N-dealkylation sites (tertiary alicyclic amines) is 1. The van der Waals surface area contributed by atoms with Gasteiger partial charge in [-0.1, -0.05) is 36.4 Å². The largest absolute Gasteiger partial charge is 0.494 e. The fraction of sp³-hybridized carbons (Fsp3) is 0.250. The van der Waals surface area contributed by atoms with Gasteiger partial charge >= 0.3 is 5.97 Å². The summed E-state index contributed by atoms with van der Waals surface area (Å²) in [6.45, 7) is 2.90. The number of aromatic hydroxyl groups is 1. The zero-order valence-electron chi connectivity index (χ0n) is 23.1. The van der Waals surface area contributed by atoms with Crippen molar-refractivity contribution in [1.82, 2.24) is 9.88 Å². The van der Waals surface area contributed by atoms with E-state index in [4.69, 9.17) is 9.73 Å². The number of rotatable bonds is 7. The van der Waals surface area contributed by atoms with Gasteiger partial charge in [0, 0.05) is 42.2 Å². The summed E-state index contributed by atoms with van der Waals surface area (Å²) in [5, 5.41) is 11.7. The van der Waals surface area contributed by atoms with E-state index in [0.717, 1.165) is 37.9 Å². The van der Waals surface area contributed by atoms with Crippen LogP contribution in [0, 0.1) is 0 Å². The molecule has 0 aliphatic carbocycles. The third kappa shape index (κ3) is 5.99. The van der Waals surface area contributed by atoms with Gasteiger partial charge < -0.3 is 24.6 Å². The first-order valence-corrected chi connectivity index (χ1v) is 13.6. The summed E-state index contributed by atoms with van der Waals surface area (Å²) in [5.41, 5.74) is 3.92. The van der Waals surface area contributed by atoms with Crippen molar-refractivity contribution in [3.8, 4) is 5.88 Å². The van der Waals surface area contributed by atoms with Crippen LogP contribution in [0.5, 0.6) is 5.88 Å². The topological polar surface area (TPSA) is 115 Å². The molecule has 1 aliphatic heterocycles. The summed E-state index contributed by atoms with van der Waals surface area (Å²) in [6, 6.07) is 21.6. The van der Waals surface area contributed by atoms with Gasteiger partial charge in [-0.15, -0.1) is 0 Å². The molecular weight excluding hydrogens is 520 g/mol. The molecule has 9 heteroatoms. The number of carbonyl (C=O) groups is 3. The molecule has 1 fully saturated rings. The second-order valence-electron chi connectivity index (χ2n) is 9.99. The number of ether oxygens (including phenoxy) is 1. The molecule has 0 spiro atoms. The van der Waals surface area contributed by atoms with Crippen molar-refractivity contribution in [2.45, 2.75) is 26.2 Å². The zero-order valence-corrected chi connectivity index (χ0v) is 23.1. The molecule has 5 rings (SSSR count). The van der Waals surface area contributed by atoms with Crippen LogP contribution in [0.25, 0.3) is 10.9 Å². The molecule has 9 nitrogen and oxygen atoms in total. The number of nitrogens with one attached hydrogen (secondary N) is 1. The molecule has 0 unspecified atom stereocenters. The second kappa shape index (κ2) is 12.1. The van der Waals surface area contributed by atoms with Gasteiger partial charge in [0.15, 0.2) is 5.88 Å². The molecule has 1 aliphatic rings. The number of hydrogen-bond donors (Lipinski definition) is 2. The normalized spacial score (nSPS) is 13.7. The first-order valence-electron chi connectivity index (χ1n) is 13.6. The number of carbonyl (C=O) groups excluding carboxylic acids is 3. The van der Waals surface area contributed by atoms with Crippen molar-refractivity contribution in [2.75, 3.05) is 31.6 Å². The smallest absolute Gasteiger partial charge is 0.337 e. The molecule has 2 amide bonds. The Kier molecular flexibility index (Phi) is 8.14.